The van der Waals surface area contributed by atoms with Crippen molar-refractivity contribution >= 4 is 23.4 Å². The van der Waals surface area contributed by atoms with Crippen molar-refractivity contribution < 1.29 is 9.59 Å². The Morgan fingerprint density at radius 2 is 1.70 bits per heavy atom. The Bertz CT molecular complexity index is 674. The van der Waals surface area contributed by atoms with Gasteiger partial charge in [-0.05, 0) is 37.0 Å². The van der Waals surface area contributed by atoms with Crippen molar-refractivity contribution in [3.63, 3.8) is 0 Å². The Morgan fingerprint density at radius 1 is 1.04 bits per heavy atom. The van der Waals surface area contributed by atoms with Crippen LogP contribution in [-0.4, -0.2) is 17.9 Å². The van der Waals surface area contributed by atoms with Crippen molar-refractivity contribution in [2.24, 2.45) is 5.73 Å². The van der Waals surface area contributed by atoms with E-state index >= 15 is 0 Å². The molecule has 0 unspecified atom stereocenters. The van der Waals surface area contributed by atoms with Crippen LogP contribution < -0.4 is 11.1 Å². The summed E-state index contributed by atoms with van der Waals surface area (Å²) in [6.45, 7) is 0. The van der Waals surface area contributed by atoms with Gasteiger partial charge in [0.15, 0.2) is 0 Å². The molecule has 120 valence electrons. The van der Waals surface area contributed by atoms with Crippen LogP contribution in [0.3, 0.4) is 0 Å². The molecule has 5 heteroatoms. The van der Waals surface area contributed by atoms with Gasteiger partial charge in [-0.2, -0.15) is 0 Å². The SMILES string of the molecule is NC(=O)[C@@H](CCCc1ccccc1)NC(=O)c1ccccc1Cl. The fourth-order valence-electron chi connectivity index (χ4n) is 2.32. The lowest BCUT2D eigenvalue weighted by Crippen LogP contribution is -2.44. The minimum atomic E-state index is -0.706. The molecule has 2 aromatic rings. The van der Waals surface area contributed by atoms with Crippen LogP contribution in [0.15, 0.2) is 54.6 Å². The standard InChI is InChI=1S/C18H19ClN2O2/c19-15-11-5-4-10-14(15)18(23)21-16(17(20)22)12-6-9-13-7-2-1-3-8-13/h1-5,7-8,10-11,16H,6,9,12H2,(H2,20,22)(H,21,23)/t16-/m1/s1. The summed E-state index contributed by atoms with van der Waals surface area (Å²) in [5.41, 5.74) is 6.92. The van der Waals surface area contributed by atoms with Gasteiger partial charge in [-0.15, -0.1) is 0 Å². The second-order valence-corrected chi connectivity index (χ2v) is 5.69. The zero-order valence-corrected chi connectivity index (χ0v) is 13.4. The van der Waals surface area contributed by atoms with Crippen LogP contribution >= 0.6 is 11.6 Å². The highest BCUT2D eigenvalue weighted by Crippen LogP contribution is 2.15. The van der Waals surface area contributed by atoms with E-state index < -0.39 is 11.9 Å². The zero-order chi connectivity index (χ0) is 16.7. The molecular weight excluding hydrogens is 312 g/mol. The topological polar surface area (TPSA) is 72.2 Å². The first kappa shape index (κ1) is 17.0. The van der Waals surface area contributed by atoms with Gasteiger partial charge in [-0.25, -0.2) is 0 Å². The van der Waals surface area contributed by atoms with Crippen LogP contribution in [0.1, 0.15) is 28.8 Å². The molecule has 0 saturated carbocycles. The Balaban J connectivity index is 1.92. The predicted molar refractivity (Wildman–Crippen MR) is 91.3 cm³/mol. The smallest absolute Gasteiger partial charge is 0.253 e. The van der Waals surface area contributed by atoms with Gasteiger partial charge in [-0.3, -0.25) is 9.59 Å². The Morgan fingerprint density at radius 3 is 2.35 bits per heavy atom. The van der Waals surface area contributed by atoms with E-state index in [-0.39, 0.29) is 5.91 Å². The molecule has 1 atom stereocenters. The fraction of sp³-hybridized carbons (Fsp3) is 0.222. The number of benzene rings is 2. The molecule has 0 bridgehead atoms. The van der Waals surface area contributed by atoms with E-state index in [1.807, 2.05) is 30.3 Å². The molecule has 0 spiro atoms. The van der Waals surface area contributed by atoms with Gasteiger partial charge in [0.2, 0.25) is 5.91 Å². The van der Waals surface area contributed by atoms with E-state index in [4.69, 9.17) is 17.3 Å². The summed E-state index contributed by atoms with van der Waals surface area (Å²) in [4.78, 5) is 23.8. The van der Waals surface area contributed by atoms with E-state index in [0.717, 1.165) is 12.8 Å². The van der Waals surface area contributed by atoms with Crippen molar-refractivity contribution in [2.45, 2.75) is 25.3 Å². The normalized spacial score (nSPS) is 11.7. The molecule has 0 aliphatic carbocycles. The van der Waals surface area contributed by atoms with Crippen molar-refractivity contribution in [1.82, 2.24) is 5.32 Å². The minimum absolute atomic E-state index is 0.337. The number of primary amides is 1. The Hall–Kier alpha value is -2.33. The summed E-state index contributed by atoms with van der Waals surface area (Å²) < 4.78 is 0. The van der Waals surface area contributed by atoms with Crippen LogP contribution in [0.5, 0.6) is 0 Å². The van der Waals surface area contributed by atoms with Crippen LogP contribution in [-0.2, 0) is 11.2 Å². The third-order valence-electron chi connectivity index (χ3n) is 3.57. The molecule has 0 aliphatic heterocycles. The van der Waals surface area contributed by atoms with Gasteiger partial charge in [0.1, 0.15) is 6.04 Å². The van der Waals surface area contributed by atoms with Crippen LogP contribution in [0, 0.1) is 0 Å². The Kier molecular flexibility index (Phi) is 6.18. The number of aryl methyl sites for hydroxylation is 1. The second kappa shape index (κ2) is 8.34. The highest BCUT2D eigenvalue weighted by molar-refractivity contribution is 6.33. The molecule has 2 aromatic carbocycles. The minimum Gasteiger partial charge on any atom is -0.368 e. The lowest BCUT2D eigenvalue weighted by molar-refractivity contribution is -0.120. The molecular formula is C18H19ClN2O2. The average molecular weight is 331 g/mol. The van der Waals surface area contributed by atoms with Crippen LogP contribution in [0.4, 0.5) is 0 Å². The van der Waals surface area contributed by atoms with Crippen molar-refractivity contribution in [2.75, 3.05) is 0 Å². The van der Waals surface area contributed by atoms with Gasteiger partial charge >= 0.3 is 0 Å². The molecule has 0 radical (unpaired) electrons. The fourth-order valence-corrected chi connectivity index (χ4v) is 2.54. The van der Waals surface area contributed by atoms with E-state index in [1.165, 1.54) is 5.56 Å². The Labute approximate surface area is 140 Å². The first-order valence-electron chi connectivity index (χ1n) is 7.46. The summed E-state index contributed by atoms with van der Waals surface area (Å²) in [5, 5.41) is 3.01. The number of nitrogens with one attached hydrogen (secondary N) is 1. The van der Waals surface area contributed by atoms with Crippen molar-refractivity contribution in [3.8, 4) is 0 Å². The van der Waals surface area contributed by atoms with E-state index in [1.54, 1.807) is 24.3 Å². The number of rotatable bonds is 7. The van der Waals surface area contributed by atoms with Gasteiger partial charge in [-0.1, -0.05) is 54.1 Å². The molecule has 0 aromatic heterocycles. The summed E-state index contributed by atoms with van der Waals surface area (Å²) in [7, 11) is 0. The van der Waals surface area contributed by atoms with Crippen molar-refractivity contribution in [3.05, 3.63) is 70.7 Å². The summed E-state index contributed by atoms with van der Waals surface area (Å²) >= 11 is 5.99. The number of hydrogen-bond donors (Lipinski definition) is 2. The van der Waals surface area contributed by atoms with Crippen molar-refractivity contribution in [1.29, 1.82) is 0 Å². The maximum absolute atomic E-state index is 12.2. The third kappa shape index (κ3) is 5.11. The lowest BCUT2D eigenvalue weighted by atomic mass is 10.0. The first-order chi connectivity index (χ1) is 11.1. The molecule has 2 rings (SSSR count). The summed E-state index contributed by atoms with van der Waals surface area (Å²) in [6, 6.07) is 16.0. The predicted octanol–water partition coefficient (Wildman–Crippen LogP) is 2.95. The molecule has 4 nitrogen and oxygen atoms in total. The maximum atomic E-state index is 12.2. The maximum Gasteiger partial charge on any atom is 0.253 e. The molecule has 0 aliphatic rings. The number of halogens is 1. The summed E-state index contributed by atoms with van der Waals surface area (Å²) in [5.74, 6) is -0.933. The number of carbonyl (C=O) groups is 2. The summed E-state index contributed by atoms with van der Waals surface area (Å²) in [6.07, 6.45) is 2.06. The van der Waals surface area contributed by atoms with Crippen LogP contribution in [0.25, 0.3) is 0 Å². The van der Waals surface area contributed by atoms with E-state index in [0.29, 0.717) is 17.0 Å². The molecule has 3 N–H and O–H groups in total. The van der Waals surface area contributed by atoms with Gasteiger partial charge in [0.25, 0.3) is 5.91 Å². The zero-order valence-electron chi connectivity index (χ0n) is 12.7. The van der Waals surface area contributed by atoms with E-state index in [2.05, 4.69) is 5.32 Å². The molecule has 0 fully saturated rings. The van der Waals surface area contributed by atoms with Gasteiger partial charge in [0, 0.05) is 0 Å². The lowest BCUT2D eigenvalue weighted by Gasteiger charge is -2.16. The largest absolute Gasteiger partial charge is 0.368 e. The molecule has 0 saturated heterocycles. The number of hydrogen-bond acceptors (Lipinski definition) is 2. The average Bonchev–Trinajstić information content (AvgIpc) is 2.55. The monoisotopic (exact) mass is 330 g/mol. The van der Waals surface area contributed by atoms with E-state index in [9.17, 15) is 9.59 Å². The molecule has 0 heterocycles. The number of carbonyl (C=O) groups excluding carboxylic acids is 2. The molecule has 2 amide bonds. The number of nitrogens with two attached hydrogens (primary N) is 1. The molecule has 23 heavy (non-hydrogen) atoms. The van der Waals surface area contributed by atoms with Gasteiger partial charge < -0.3 is 11.1 Å². The highest BCUT2D eigenvalue weighted by Gasteiger charge is 2.19. The number of amides is 2. The second-order valence-electron chi connectivity index (χ2n) is 5.29. The van der Waals surface area contributed by atoms with Crippen LogP contribution in [0.2, 0.25) is 5.02 Å². The highest BCUT2D eigenvalue weighted by atomic mass is 35.5. The van der Waals surface area contributed by atoms with Gasteiger partial charge in [0.05, 0.1) is 10.6 Å². The first-order valence-corrected chi connectivity index (χ1v) is 7.84. The third-order valence-corrected chi connectivity index (χ3v) is 3.90. The quantitative estimate of drug-likeness (QED) is 0.819.